The standard InChI is InChI=1S/C23H27FN2O4/c1-3-29-22(28)23(8-10-26(11-9-23)21(27)19-12-15(19)2)14-18-13-20(25-30-18)16-4-6-17(24)7-5-16/h4-7,13,15,19H,3,8-12,14H2,1-2H3/t15-,19-/m1/s1. The van der Waals surface area contributed by atoms with Gasteiger partial charge in [0.05, 0.1) is 12.0 Å². The van der Waals surface area contributed by atoms with Gasteiger partial charge in [0, 0.05) is 37.1 Å². The number of hydrogen-bond donors (Lipinski definition) is 0. The topological polar surface area (TPSA) is 72.6 Å². The fourth-order valence-corrected chi connectivity index (χ4v) is 4.28. The summed E-state index contributed by atoms with van der Waals surface area (Å²) in [5.74, 6) is 0.833. The second-order valence-corrected chi connectivity index (χ2v) is 8.51. The number of carbonyl (C=O) groups is 2. The van der Waals surface area contributed by atoms with Crippen LogP contribution < -0.4 is 0 Å². The molecule has 0 spiro atoms. The molecule has 0 bridgehead atoms. The van der Waals surface area contributed by atoms with Gasteiger partial charge in [-0.25, -0.2) is 4.39 Å². The Bertz CT molecular complexity index is 916. The van der Waals surface area contributed by atoms with Crippen LogP contribution in [0.3, 0.4) is 0 Å². The molecule has 2 fully saturated rings. The predicted octanol–water partition coefficient (Wildman–Crippen LogP) is 3.85. The van der Waals surface area contributed by atoms with Gasteiger partial charge in [0.1, 0.15) is 17.3 Å². The smallest absolute Gasteiger partial charge is 0.312 e. The average molecular weight is 414 g/mol. The number of aromatic nitrogens is 1. The summed E-state index contributed by atoms with van der Waals surface area (Å²) in [5, 5.41) is 4.09. The van der Waals surface area contributed by atoms with E-state index in [2.05, 4.69) is 12.1 Å². The first kappa shape index (κ1) is 20.6. The van der Waals surface area contributed by atoms with Crippen molar-refractivity contribution in [3.8, 4) is 11.3 Å². The molecular weight excluding hydrogens is 387 g/mol. The number of amides is 1. The monoisotopic (exact) mass is 414 g/mol. The predicted molar refractivity (Wildman–Crippen MR) is 108 cm³/mol. The zero-order valence-electron chi connectivity index (χ0n) is 17.4. The third-order valence-electron chi connectivity index (χ3n) is 6.38. The van der Waals surface area contributed by atoms with Gasteiger partial charge >= 0.3 is 5.97 Å². The van der Waals surface area contributed by atoms with Gasteiger partial charge < -0.3 is 14.2 Å². The van der Waals surface area contributed by atoms with Crippen LogP contribution in [-0.4, -0.2) is 41.6 Å². The zero-order valence-corrected chi connectivity index (χ0v) is 17.4. The van der Waals surface area contributed by atoms with Crippen molar-refractivity contribution < 1.29 is 23.2 Å². The lowest BCUT2D eigenvalue weighted by Gasteiger charge is -2.39. The number of ether oxygens (including phenoxy) is 1. The van der Waals surface area contributed by atoms with E-state index in [1.54, 1.807) is 25.1 Å². The van der Waals surface area contributed by atoms with Gasteiger partial charge in [-0.2, -0.15) is 0 Å². The molecule has 1 aromatic carbocycles. The van der Waals surface area contributed by atoms with Crippen molar-refractivity contribution in [1.82, 2.24) is 10.1 Å². The summed E-state index contributed by atoms with van der Waals surface area (Å²) in [6, 6.07) is 7.81. The summed E-state index contributed by atoms with van der Waals surface area (Å²) in [5.41, 5.74) is 0.608. The van der Waals surface area contributed by atoms with E-state index in [9.17, 15) is 14.0 Å². The number of carbonyl (C=O) groups excluding carboxylic acids is 2. The fraction of sp³-hybridized carbons (Fsp3) is 0.522. The molecule has 1 aliphatic carbocycles. The Balaban J connectivity index is 1.49. The van der Waals surface area contributed by atoms with E-state index < -0.39 is 5.41 Å². The molecule has 2 aliphatic rings. The Morgan fingerprint density at radius 2 is 1.93 bits per heavy atom. The van der Waals surface area contributed by atoms with Crippen LogP contribution in [0.4, 0.5) is 4.39 Å². The molecular formula is C23H27FN2O4. The van der Waals surface area contributed by atoms with E-state index in [1.807, 2.05) is 4.90 Å². The molecule has 6 nitrogen and oxygen atoms in total. The van der Waals surface area contributed by atoms with Crippen LogP contribution in [0.2, 0.25) is 0 Å². The highest BCUT2D eigenvalue weighted by Gasteiger charge is 2.47. The van der Waals surface area contributed by atoms with Crippen LogP contribution in [0, 0.1) is 23.1 Å². The maximum atomic E-state index is 13.2. The molecule has 1 amide bonds. The number of likely N-dealkylation sites (tertiary alicyclic amines) is 1. The van der Waals surface area contributed by atoms with Gasteiger partial charge in [0.15, 0.2) is 0 Å². The lowest BCUT2D eigenvalue weighted by molar-refractivity contribution is -0.160. The van der Waals surface area contributed by atoms with Crippen molar-refractivity contribution in [2.24, 2.45) is 17.3 Å². The molecule has 0 N–H and O–H groups in total. The van der Waals surface area contributed by atoms with E-state index in [0.29, 0.717) is 56.3 Å². The third-order valence-corrected chi connectivity index (χ3v) is 6.38. The maximum absolute atomic E-state index is 13.2. The molecule has 2 aromatic rings. The first-order valence-electron chi connectivity index (χ1n) is 10.6. The van der Waals surface area contributed by atoms with Gasteiger partial charge in [0.25, 0.3) is 0 Å². The van der Waals surface area contributed by atoms with Crippen LogP contribution in [-0.2, 0) is 20.7 Å². The van der Waals surface area contributed by atoms with Crippen LogP contribution >= 0.6 is 0 Å². The SMILES string of the molecule is CCOC(=O)C1(Cc2cc(-c3ccc(F)cc3)no2)CCN(C(=O)[C@@H]2C[C@H]2C)CC1. The van der Waals surface area contributed by atoms with E-state index >= 15 is 0 Å². The molecule has 160 valence electrons. The van der Waals surface area contributed by atoms with Crippen LogP contribution in [0.15, 0.2) is 34.9 Å². The maximum Gasteiger partial charge on any atom is 0.312 e. The van der Waals surface area contributed by atoms with Crippen molar-refractivity contribution in [3.05, 3.63) is 41.9 Å². The average Bonchev–Trinajstić information content (AvgIpc) is 3.30. The number of nitrogens with zero attached hydrogens (tertiary/aromatic N) is 2. The molecule has 2 atom stereocenters. The molecule has 4 rings (SSSR count). The Kier molecular flexibility index (Phi) is 5.62. The second kappa shape index (κ2) is 8.20. The van der Waals surface area contributed by atoms with Crippen LogP contribution in [0.5, 0.6) is 0 Å². The van der Waals surface area contributed by atoms with Gasteiger partial charge in [-0.15, -0.1) is 0 Å². The van der Waals surface area contributed by atoms with Gasteiger partial charge in [0.2, 0.25) is 5.91 Å². The lowest BCUT2D eigenvalue weighted by atomic mass is 9.74. The summed E-state index contributed by atoms with van der Waals surface area (Å²) in [6.45, 7) is 5.28. The van der Waals surface area contributed by atoms with Crippen LogP contribution in [0.1, 0.15) is 38.9 Å². The number of rotatable bonds is 6. The summed E-state index contributed by atoms with van der Waals surface area (Å²) in [4.78, 5) is 27.3. The highest BCUT2D eigenvalue weighted by atomic mass is 19.1. The molecule has 1 saturated carbocycles. The van der Waals surface area contributed by atoms with E-state index in [1.165, 1.54) is 12.1 Å². The van der Waals surface area contributed by atoms with Gasteiger partial charge in [-0.3, -0.25) is 9.59 Å². The normalized spacial score (nSPS) is 22.6. The molecule has 30 heavy (non-hydrogen) atoms. The summed E-state index contributed by atoms with van der Waals surface area (Å²) in [6.07, 6.45) is 2.39. The first-order chi connectivity index (χ1) is 14.4. The molecule has 2 heterocycles. The molecule has 0 unspecified atom stereocenters. The number of benzene rings is 1. The number of hydrogen-bond acceptors (Lipinski definition) is 5. The Morgan fingerprint density at radius 3 is 2.53 bits per heavy atom. The third kappa shape index (κ3) is 4.11. The Hall–Kier alpha value is -2.70. The molecule has 0 radical (unpaired) electrons. The minimum absolute atomic E-state index is 0.146. The molecule has 1 aliphatic heterocycles. The highest BCUT2D eigenvalue weighted by molar-refractivity contribution is 5.82. The van der Waals surface area contributed by atoms with Crippen molar-refractivity contribution in [2.45, 2.75) is 39.5 Å². The second-order valence-electron chi connectivity index (χ2n) is 8.51. The van der Waals surface area contributed by atoms with Gasteiger partial charge in [-0.1, -0.05) is 12.1 Å². The first-order valence-corrected chi connectivity index (χ1v) is 10.6. The van der Waals surface area contributed by atoms with Gasteiger partial charge in [-0.05, 0) is 56.4 Å². The summed E-state index contributed by atoms with van der Waals surface area (Å²) in [7, 11) is 0. The highest BCUT2D eigenvalue weighted by Crippen LogP contribution is 2.42. The van der Waals surface area contributed by atoms with Crippen molar-refractivity contribution >= 4 is 11.9 Å². The van der Waals surface area contributed by atoms with Crippen LogP contribution in [0.25, 0.3) is 11.3 Å². The van der Waals surface area contributed by atoms with Crippen molar-refractivity contribution in [2.75, 3.05) is 19.7 Å². The lowest BCUT2D eigenvalue weighted by Crippen LogP contribution is -2.48. The number of halogens is 1. The zero-order chi connectivity index (χ0) is 21.3. The largest absolute Gasteiger partial charge is 0.466 e. The molecule has 7 heteroatoms. The molecule has 1 saturated heterocycles. The summed E-state index contributed by atoms with van der Waals surface area (Å²) < 4.78 is 24.1. The minimum Gasteiger partial charge on any atom is -0.466 e. The Labute approximate surface area is 175 Å². The van der Waals surface area contributed by atoms with Crippen molar-refractivity contribution in [3.63, 3.8) is 0 Å². The number of esters is 1. The Morgan fingerprint density at radius 1 is 1.27 bits per heavy atom. The number of piperidine rings is 1. The fourth-order valence-electron chi connectivity index (χ4n) is 4.28. The van der Waals surface area contributed by atoms with Crippen molar-refractivity contribution in [1.29, 1.82) is 0 Å². The van der Waals surface area contributed by atoms with E-state index in [0.717, 1.165) is 12.0 Å². The quantitative estimate of drug-likeness (QED) is 0.672. The minimum atomic E-state index is -0.735. The van der Waals surface area contributed by atoms with E-state index in [-0.39, 0.29) is 23.6 Å². The summed E-state index contributed by atoms with van der Waals surface area (Å²) >= 11 is 0. The molecule has 1 aromatic heterocycles. The van der Waals surface area contributed by atoms with E-state index in [4.69, 9.17) is 9.26 Å².